The summed E-state index contributed by atoms with van der Waals surface area (Å²) in [4.78, 5) is 25.1. The van der Waals surface area contributed by atoms with Gasteiger partial charge in [-0.15, -0.1) is 11.3 Å². The van der Waals surface area contributed by atoms with Crippen molar-refractivity contribution in [3.63, 3.8) is 0 Å². The summed E-state index contributed by atoms with van der Waals surface area (Å²) in [7, 11) is 0. The maximum atomic E-state index is 15.0. The molecule has 6 nitrogen and oxygen atoms in total. The molecule has 0 bridgehead atoms. The maximum absolute atomic E-state index is 15.0. The second kappa shape index (κ2) is 12.1. The normalized spacial score (nSPS) is 18.1. The van der Waals surface area contributed by atoms with Crippen LogP contribution in [0.2, 0.25) is 0 Å². The molecule has 0 radical (unpaired) electrons. The van der Waals surface area contributed by atoms with Crippen LogP contribution in [-0.2, 0) is 22.5 Å². The molecule has 1 aromatic carbocycles. The van der Waals surface area contributed by atoms with Crippen LogP contribution in [0.5, 0.6) is 11.5 Å². The minimum Gasteiger partial charge on any atom is -0.453 e. The Balaban J connectivity index is 1.14. The third-order valence-corrected chi connectivity index (χ3v) is 9.04. The number of Topliss-reactive ketones (excluding diaryl/α,β-unsaturated/α-hetero) is 1. The zero-order chi connectivity index (χ0) is 27.5. The van der Waals surface area contributed by atoms with Gasteiger partial charge in [-0.05, 0) is 60.7 Å². The predicted molar refractivity (Wildman–Crippen MR) is 155 cm³/mol. The van der Waals surface area contributed by atoms with E-state index in [4.69, 9.17) is 14.5 Å². The number of carbonyl (C=O) groups excluding carboxylic acids is 1. The average molecular weight is 560 g/mol. The van der Waals surface area contributed by atoms with E-state index in [0.29, 0.717) is 36.9 Å². The highest BCUT2D eigenvalue weighted by atomic mass is 32.1. The van der Waals surface area contributed by atoms with Gasteiger partial charge in [0.25, 0.3) is 0 Å². The Morgan fingerprint density at radius 2 is 1.98 bits per heavy atom. The Bertz CT molecular complexity index is 1480. The molecule has 208 valence electrons. The predicted octanol–water partition coefficient (Wildman–Crippen LogP) is 7.06. The minimum atomic E-state index is -0.491. The Labute approximate surface area is 238 Å². The van der Waals surface area contributed by atoms with E-state index in [2.05, 4.69) is 28.9 Å². The Morgan fingerprint density at radius 3 is 2.73 bits per heavy atom. The monoisotopic (exact) mass is 559 g/mol. The van der Waals surface area contributed by atoms with Gasteiger partial charge in [-0.2, -0.15) is 0 Å². The molecule has 2 saturated heterocycles. The lowest BCUT2D eigenvalue weighted by molar-refractivity contribution is -0.123. The topological polar surface area (TPSA) is 64.6 Å². The van der Waals surface area contributed by atoms with Crippen LogP contribution in [-0.4, -0.2) is 47.0 Å². The largest absolute Gasteiger partial charge is 0.453 e. The molecule has 2 fully saturated rings. The molecule has 1 atom stereocenters. The summed E-state index contributed by atoms with van der Waals surface area (Å²) in [5, 5.41) is 0. The van der Waals surface area contributed by atoms with E-state index in [0.717, 1.165) is 39.8 Å². The molecule has 0 N–H and O–H groups in total. The molecule has 2 aliphatic heterocycles. The van der Waals surface area contributed by atoms with Crippen molar-refractivity contribution in [1.82, 2.24) is 14.9 Å². The third kappa shape index (κ3) is 6.24. The first-order valence-electron chi connectivity index (χ1n) is 14.2. The van der Waals surface area contributed by atoms with Crippen LogP contribution in [0.25, 0.3) is 20.8 Å². The Hall–Kier alpha value is -3.20. The number of carbonyl (C=O) groups is 1. The maximum Gasteiger partial charge on any atom is 0.166 e. The van der Waals surface area contributed by atoms with E-state index in [1.165, 1.54) is 48.8 Å². The number of thiophene rings is 1. The summed E-state index contributed by atoms with van der Waals surface area (Å²) in [6.07, 6.45) is 8.19. The van der Waals surface area contributed by atoms with Crippen LogP contribution < -0.4 is 4.74 Å². The van der Waals surface area contributed by atoms with E-state index < -0.39 is 5.82 Å². The summed E-state index contributed by atoms with van der Waals surface area (Å²) in [5.41, 5.74) is 3.54. The molecule has 3 aromatic heterocycles. The van der Waals surface area contributed by atoms with E-state index in [1.54, 1.807) is 24.4 Å². The molecule has 0 aliphatic carbocycles. The number of ether oxygens (including phenoxy) is 2. The molecule has 2 aliphatic rings. The Morgan fingerprint density at radius 1 is 1.10 bits per heavy atom. The van der Waals surface area contributed by atoms with Crippen molar-refractivity contribution in [2.75, 3.05) is 26.3 Å². The van der Waals surface area contributed by atoms with Crippen LogP contribution in [0.3, 0.4) is 0 Å². The molecule has 5 heterocycles. The molecule has 0 spiro atoms. The number of fused-ring (bicyclic) bond motifs is 1. The average Bonchev–Trinajstić information content (AvgIpc) is 3.38. The molecular weight excluding hydrogens is 525 g/mol. The van der Waals surface area contributed by atoms with Gasteiger partial charge in [0.05, 0.1) is 34.0 Å². The summed E-state index contributed by atoms with van der Waals surface area (Å²) in [6, 6.07) is 12.7. The van der Waals surface area contributed by atoms with E-state index in [9.17, 15) is 9.18 Å². The lowest BCUT2D eigenvalue weighted by Gasteiger charge is -2.32. The highest BCUT2D eigenvalue weighted by Crippen LogP contribution is 2.39. The summed E-state index contributed by atoms with van der Waals surface area (Å²) >= 11 is 1.53. The molecule has 1 unspecified atom stereocenters. The third-order valence-electron chi connectivity index (χ3n) is 7.88. The van der Waals surface area contributed by atoms with Crippen LogP contribution in [0, 0.1) is 17.7 Å². The van der Waals surface area contributed by atoms with Gasteiger partial charge in [0.15, 0.2) is 11.6 Å². The van der Waals surface area contributed by atoms with E-state index in [-0.39, 0.29) is 18.0 Å². The van der Waals surface area contributed by atoms with Crippen LogP contribution >= 0.6 is 11.3 Å². The molecular formula is C32H34FN3O3S. The zero-order valence-electron chi connectivity index (χ0n) is 22.8. The standard InChI is InChI=1S/C32H34FN3O3S/c1-2-21-4-3-11-36(17-21)18-23-5-7-27(35-16-23)31-15-28-32(40-31)30(9-10-34-28)39-29-8-6-22(14-26(29)33)12-25(37)13-24-19-38-20-24/h5-10,14-16,21,24H,2-4,11-13,17-20H2,1H3. The van der Waals surface area contributed by atoms with Gasteiger partial charge in [0.2, 0.25) is 0 Å². The second-order valence-electron chi connectivity index (χ2n) is 11.0. The molecule has 0 amide bonds. The van der Waals surface area contributed by atoms with Crippen LogP contribution in [0.1, 0.15) is 43.7 Å². The first-order valence-corrected chi connectivity index (χ1v) is 15.0. The van der Waals surface area contributed by atoms with Gasteiger partial charge in [0.1, 0.15) is 11.5 Å². The van der Waals surface area contributed by atoms with Crippen molar-refractivity contribution in [2.24, 2.45) is 11.8 Å². The van der Waals surface area contributed by atoms with Gasteiger partial charge < -0.3 is 9.47 Å². The second-order valence-corrected chi connectivity index (χ2v) is 12.1. The van der Waals surface area contributed by atoms with Crippen molar-refractivity contribution < 1.29 is 18.7 Å². The first-order chi connectivity index (χ1) is 19.5. The molecule has 0 saturated carbocycles. The first kappa shape index (κ1) is 27.0. The fourth-order valence-electron chi connectivity index (χ4n) is 5.55. The smallest absolute Gasteiger partial charge is 0.166 e. The number of rotatable bonds is 10. The summed E-state index contributed by atoms with van der Waals surface area (Å²) in [5.74, 6) is 1.37. The lowest BCUT2D eigenvalue weighted by Crippen LogP contribution is -2.34. The number of piperidine rings is 1. The highest BCUT2D eigenvalue weighted by molar-refractivity contribution is 7.22. The van der Waals surface area contributed by atoms with Gasteiger partial charge >= 0.3 is 0 Å². The quantitative estimate of drug-likeness (QED) is 0.207. The number of hydrogen-bond acceptors (Lipinski definition) is 7. The minimum absolute atomic E-state index is 0.0987. The fraction of sp³-hybridized carbons (Fsp3) is 0.406. The number of aromatic nitrogens is 2. The van der Waals surface area contributed by atoms with Gasteiger partial charge in [-0.1, -0.05) is 25.5 Å². The van der Waals surface area contributed by atoms with Crippen LogP contribution in [0.4, 0.5) is 4.39 Å². The number of likely N-dealkylation sites (tertiary alicyclic amines) is 1. The number of benzene rings is 1. The molecule has 8 heteroatoms. The van der Waals surface area contributed by atoms with Crippen molar-refractivity contribution in [3.05, 3.63) is 71.8 Å². The summed E-state index contributed by atoms with van der Waals surface area (Å²) in [6.45, 7) is 6.81. The fourth-order valence-corrected chi connectivity index (χ4v) is 6.59. The number of ketones is 1. The number of halogens is 1. The SMILES string of the molecule is CCC1CCCN(Cc2ccc(-c3cc4nccc(Oc5ccc(CC(=O)CC6COC6)cc5F)c4s3)nc2)C1. The van der Waals surface area contributed by atoms with Crippen LogP contribution in [0.15, 0.2) is 54.9 Å². The molecule has 4 aromatic rings. The highest BCUT2D eigenvalue weighted by Gasteiger charge is 2.22. The van der Waals surface area contributed by atoms with Crippen molar-refractivity contribution >= 4 is 27.3 Å². The zero-order valence-corrected chi connectivity index (χ0v) is 23.6. The lowest BCUT2D eigenvalue weighted by atomic mass is 9.95. The van der Waals surface area contributed by atoms with Crippen molar-refractivity contribution in [2.45, 2.75) is 45.6 Å². The number of nitrogens with zero attached hydrogens (tertiary/aromatic N) is 3. The van der Waals surface area contributed by atoms with Crippen molar-refractivity contribution in [3.8, 4) is 22.1 Å². The number of pyridine rings is 2. The van der Waals surface area contributed by atoms with Crippen molar-refractivity contribution in [1.29, 1.82) is 0 Å². The van der Waals surface area contributed by atoms with Gasteiger partial charge in [-0.3, -0.25) is 19.7 Å². The molecule has 40 heavy (non-hydrogen) atoms. The van der Waals surface area contributed by atoms with E-state index in [1.807, 2.05) is 12.3 Å². The molecule has 6 rings (SSSR count). The summed E-state index contributed by atoms with van der Waals surface area (Å²) < 4.78 is 26.9. The van der Waals surface area contributed by atoms with Gasteiger partial charge in [-0.25, -0.2) is 4.39 Å². The Kier molecular flexibility index (Phi) is 8.18. The van der Waals surface area contributed by atoms with Gasteiger partial charge in [0, 0.05) is 50.3 Å². The number of hydrogen-bond donors (Lipinski definition) is 0. The van der Waals surface area contributed by atoms with E-state index >= 15 is 0 Å².